The van der Waals surface area contributed by atoms with Crippen molar-refractivity contribution < 1.29 is 13.9 Å². The van der Waals surface area contributed by atoms with Crippen molar-refractivity contribution in [3.63, 3.8) is 0 Å². The van der Waals surface area contributed by atoms with Crippen LogP contribution in [0.4, 0.5) is 0 Å². The molecule has 1 amide bonds. The zero-order valence-electron chi connectivity index (χ0n) is 17.4. The highest BCUT2D eigenvalue weighted by atomic mass is 35.5. The van der Waals surface area contributed by atoms with Crippen LogP contribution < -0.4 is 10.2 Å². The average Bonchev–Trinajstić information content (AvgIpc) is 3.10. The SMILES string of the molecule is COc1ccc([C@H]2c3c(oc4ccc(Cl)cc4c3=O)C(=O)N2CCc2ccccc2)cc1. The van der Waals surface area contributed by atoms with Crippen molar-refractivity contribution in [2.24, 2.45) is 0 Å². The number of halogens is 1. The van der Waals surface area contributed by atoms with Gasteiger partial charge < -0.3 is 14.1 Å². The lowest BCUT2D eigenvalue weighted by molar-refractivity contribution is 0.0730. The van der Waals surface area contributed by atoms with E-state index in [9.17, 15) is 9.59 Å². The van der Waals surface area contributed by atoms with Crippen molar-refractivity contribution in [2.45, 2.75) is 12.5 Å². The highest BCUT2D eigenvalue weighted by molar-refractivity contribution is 6.31. The smallest absolute Gasteiger partial charge is 0.290 e. The first kappa shape index (κ1) is 20.3. The Kier molecular flexibility index (Phi) is 5.19. The number of carbonyl (C=O) groups is 1. The van der Waals surface area contributed by atoms with E-state index < -0.39 is 6.04 Å². The summed E-state index contributed by atoms with van der Waals surface area (Å²) in [6.07, 6.45) is 0.659. The molecular formula is C26H20ClNO4. The van der Waals surface area contributed by atoms with Gasteiger partial charge in [-0.05, 0) is 47.9 Å². The second-order valence-electron chi connectivity index (χ2n) is 7.72. The van der Waals surface area contributed by atoms with E-state index in [1.54, 1.807) is 30.2 Å². The molecule has 0 fully saturated rings. The number of benzene rings is 3. The minimum absolute atomic E-state index is 0.0960. The van der Waals surface area contributed by atoms with Gasteiger partial charge in [0.2, 0.25) is 5.76 Å². The molecule has 6 heteroatoms. The highest BCUT2D eigenvalue weighted by Gasteiger charge is 2.42. The Morgan fingerprint density at radius 1 is 1.00 bits per heavy atom. The predicted octanol–water partition coefficient (Wildman–Crippen LogP) is 5.24. The minimum Gasteiger partial charge on any atom is -0.497 e. The van der Waals surface area contributed by atoms with Crippen LogP contribution in [0.25, 0.3) is 11.0 Å². The molecule has 0 aliphatic carbocycles. The number of carbonyl (C=O) groups excluding carboxylic acids is 1. The number of hydrogen-bond acceptors (Lipinski definition) is 4. The third-order valence-electron chi connectivity index (χ3n) is 5.84. The molecule has 0 N–H and O–H groups in total. The molecular weight excluding hydrogens is 426 g/mol. The third kappa shape index (κ3) is 3.45. The Bertz CT molecular complexity index is 1360. The Morgan fingerprint density at radius 2 is 1.75 bits per heavy atom. The molecule has 0 saturated heterocycles. The quantitative estimate of drug-likeness (QED) is 0.421. The first-order valence-electron chi connectivity index (χ1n) is 10.3. The zero-order chi connectivity index (χ0) is 22.2. The van der Waals surface area contributed by atoms with Crippen LogP contribution in [0, 0.1) is 0 Å². The summed E-state index contributed by atoms with van der Waals surface area (Å²) in [4.78, 5) is 28.7. The fourth-order valence-corrected chi connectivity index (χ4v) is 4.42. The van der Waals surface area contributed by atoms with Crippen LogP contribution in [0.2, 0.25) is 5.02 Å². The van der Waals surface area contributed by atoms with Gasteiger partial charge in [0.1, 0.15) is 11.3 Å². The molecule has 160 valence electrons. The van der Waals surface area contributed by atoms with Gasteiger partial charge in [0.05, 0.1) is 24.1 Å². The van der Waals surface area contributed by atoms with Crippen molar-refractivity contribution in [1.29, 1.82) is 0 Å². The molecule has 1 aliphatic rings. The van der Waals surface area contributed by atoms with Gasteiger partial charge in [0, 0.05) is 11.6 Å². The van der Waals surface area contributed by atoms with E-state index in [1.807, 2.05) is 54.6 Å². The number of hydrogen-bond donors (Lipinski definition) is 0. The molecule has 0 saturated carbocycles. The van der Waals surface area contributed by atoms with Gasteiger partial charge in [-0.3, -0.25) is 9.59 Å². The van der Waals surface area contributed by atoms with Crippen LogP contribution >= 0.6 is 11.6 Å². The maximum atomic E-state index is 13.5. The van der Waals surface area contributed by atoms with Gasteiger partial charge in [0.15, 0.2) is 5.43 Å². The number of nitrogens with zero attached hydrogens (tertiary/aromatic N) is 1. The Morgan fingerprint density at radius 3 is 2.47 bits per heavy atom. The van der Waals surface area contributed by atoms with Gasteiger partial charge in [-0.25, -0.2) is 0 Å². The number of amides is 1. The average molecular weight is 446 g/mol. The predicted molar refractivity (Wildman–Crippen MR) is 124 cm³/mol. The summed E-state index contributed by atoms with van der Waals surface area (Å²) >= 11 is 6.13. The summed E-state index contributed by atoms with van der Waals surface area (Å²) in [6, 6.07) is 21.7. The molecule has 1 aromatic heterocycles. The topological polar surface area (TPSA) is 59.8 Å². The molecule has 4 aromatic rings. The lowest BCUT2D eigenvalue weighted by atomic mass is 9.98. The minimum atomic E-state index is -0.549. The Hall–Kier alpha value is -3.57. The summed E-state index contributed by atoms with van der Waals surface area (Å²) < 4.78 is 11.2. The molecule has 0 bridgehead atoms. The maximum absolute atomic E-state index is 13.5. The Balaban J connectivity index is 1.65. The standard InChI is InChI=1S/C26H20ClNO4/c1-31-19-10-7-17(8-11-19)23-22-24(29)20-15-18(27)9-12-21(20)32-25(22)26(30)28(23)14-13-16-5-3-2-4-6-16/h2-12,15,23H,13-14H2,1H3/t23-/m0/s1. The van der Waals surface area contributed by atoms with E-state index >= 15 is 0 Å². The van der Waals surface area contributed by atoms with E-state index in [-0.39, 0.29) is 17.1 Å². The lowest BCUT2D eigenvalue weighted by Crippen LogP contribution is -2.31. The molecule has 5 nitrogen and oxygen atoms in total. The Labute approximate surface area is 189 Å². The van der Waals surface area contributed by atoms with Crippen molar-refractivity contribution in [3.05, 3.63) is 110 Å². The molecule has 2 heterocycles. The molecule has 3 aromatic carbocycles. The molecule has 5 rings (SSSR count). The zero-order valence-corrected chi connectivity index (χ0v) is 18.1. The third-order valence-corrected chi connectivity index (χ3v) is 6.08. The van der Waals surface area contributed by atoms with Crippen LogP contribution in [0.3, 0.4) is 0 Å². The summed E-state index contributed by atoms with van der Waals surface area (Å²) in [6.45, 7) is 0.445. The molecule has 1 aliphatic heterocycles. The summed E-state index contributed by atoms with van der Waals surface area (Å²) in [5.74, 6) is 0.510. The van der Waals surface area contributed by atoms with Crippen LogP contribution in [0.5, 0.6) is 5.75 Å². The van der Waals surface area contributed by atoms with Crippen molar-refractivity contribution in [2.75, 3.05) is 13.7 Å². The van der Waals surface area contributed by atoms with Crippen molar-refractivity contribution in [1.82, 2.24) is 4.90 Å². The molecule has 0 spiro atoms. The van der Waals surface area contributed by atoms with Gasteiger partial charge in [-0.2, -0.15) is 0 Å². The normalized spacial score (nSPS) is 15.2. The van der Waals surface area contributed by atoms with Gasteiger partial charge in [-0.1, -0.05) is 54.1 Å². The highest BCUT2D eigenvalue weighted by Crippen LogP contribution is 2.38. The van der Waals surface area contributed by atoms with E-state index in [0.29, 0.717) is 40.3 Å². The van der Waals surface area contributed by atoms with E-state index in [0.717, 1.165) is 11.1 Å². The van der Waals surface area contributed by atoms with Crippen LogP contribution in [0.15, 0.2) is 82.0 Å². The second kappa shape index (κ2) is 8.17. The number of rotatable bonds is 5. The fourth-order valence-electron chi connectivity index (χ4n) is 4.25. The first-order valence-corrected chi connectivity index (χ1v) is 10.7. The fraction of sp³-hybridized carbons (Fsp3) is 0.154. The van der Waals surface area contributed by atoms with Crippen LogP contribution in [0.1, 0.15) is 33.3 Å². The number of methoxy groups -OCH3 is 1. The monoisotopic (exact) mass is 445 g/mol. The molecule has 1 atom stereocenters. The van der Waals surface area contributed by atoms with Crippen LogP contribution in [-0.4, -0.2) is 24.5 Å². The number of fused-ring (bicyclic) bond motifs is 2. The van der Waals surface area contributed by atoms with Crippen molar-refractivity contribution in [3.8, 4) is 5.75 Å². The number of ether oxygens (including phenoxy) is 1. The van der Waals surface area contributed by atoms with E-state index in [1.165, 1.54) is 0 Å². The summed E-state index contributed by atoms with van der Waals surface area (Å²) in [5, 5.41) is 0.809. The second-order valence-corrected chi connectivity index (χ2v) is 8.16. The van der Waals surface area contributed by atoms with Gasteiger partial charge in [-0.15, -0.1) is 0 Å². The molecule has 32 heavy (non-hydrogen) atoms. The lowest BCUT2D eigenvalue weighted by Gasteiger charge is -2.25. The first-order chi connectivity index (χ1) is 15.6. The van der Waals surface area contributed by atoms with Crippen LogP contribution in [-0.2, 0) is 6.42 Å². The van der Waals surface area contributed by atoms with E-state index in [2.05, 4.69) is 0 Å². The molecule has 0 unspecified atom stereocenters. The van der Waals surface area contributed by atoms with Crippen molar-refractivity contribution >= 4 is 28.5 Å². The summed E-state index contributed by atoms with van der Waals surface area (Å²) in [5.41, 5.74) is 2.40. The maximum Gasteiger partial charge on any atom is 0.290 e. The van der Waals surface area contributed by atoms with Gasteiger partial charge in [0.25, 0.3) is 5.91 Å². The molecule has 0 radical (unpaired) electrons. The summed E-state index contributed by atoms with van der Waals surface area (Å²) in [7, 11) is 1.60. The largest absolute Gasteiger partial charge is 0.497 e. The van der Waals surface area contributed by atoms with E-state index in [4.69, 9.17) is 20.8 Å². The van der Waals surface area contributed by atoms with Gasteiger partial charge >= 0.3 is 0 Å².